The molecule has 1 nitrogen and oxygen atoms in total. The number of hydrogen-bond donors (Lipinski definition) is 0. The lowest BCUT2D eigenvalue weighted by Crippen LogP contribution is -2.17. The van der Waals surface area contributed by atoms with E-state index in [0.29, 0.717) is 0 Å². The van der Waals surface area contributed by atoms with E-state index in [2.05, 4.69) is 121 Å². The molecular weight excluding hydrogens is 402 g/mol. The van der Waals surface area contributed by atoms with Crippen LogP contribution in [-0.4, -0.2) is 17.8 Å². The Balaban J connectivity index is 0.00000256. The van der Waals surface area contributed by atoms with Crippen LogP contribution in [0.15, 0.2) is 121 Å². The van der Waals surface area contributed by atoms with Crippen molar-refractivity contribution in [2.75, 3.05) is 12.3 Å². The molecule has 0 radical (unpaired) electrons. The van der Waals surface area contributed by atoms with E-state index >= 15 is 0 Å². The Hall–Kier alpha value is -2.30. The van der Waals surface area contributed by atoms with Gasteiger partial charge in [-0.2, -0.15) is 0 Å². The average Bonchev–Trinajstić information content (AvgIpc) is 2.81. The third kappa shape index (κ3) is 5.87. The standard InChI is InChI=1S/C27H26P2.H2O/c1-5-14-24(15-6-1)28(25-16-7-2-8-17-25)22-13-23-29(26-18-9-3-10-19-26)27-20-11-4-12-21-27;/h1-12,14-21H,13,22-23H2;1H2. The quantitative estimate of drug-likeness (QED) is 0.359. The molecule has 0 aliphatic rings. The van der Waals surface area contributed by atoms with Gasteiger partial charge in [0.05, 0.1) is 0 Å². The Morgan fingerprint density at radius 1 is 0.367 bits per heavy atom. The summed E-state index contributed by atoms with van der Waals surface area (Å²) in [4.78, 5) is 0. The molecule has 0 atom stereocenters. The maximum Gasteiger partial charge on any atom is -0.0195 e. The van der Waals surface area contributed by atoms with E-state index in [0.717, 1.165) is 0 Å². The van der Waals surface area contributed by atoms with E-state index in [9.17, 15) is 0 Å². The van der Waals surface area contributed by atoms with Gasteiger partial charge in [-0.25, -0.2) is 0 Å². The summed E-state index contributed by atoms with van der Waals surface area (Å²) in [5.74, 6) is 0. The Labute approximate surface area is 182 Å². The molecule has 3 heteroatoms. The molecule has 0 aliphatic carbocycles. The molecule has 4 aromatic rings. The second kappa shape index (κ2) is 11.8. The molecule has 0 saturated carbocycles. The molecule has 0 spiro atoms. The van der Waals surface area contributed by atoms with Crippen molar-refractivity contribution < 1.29 is 5.48 Å². The predicted octanol–water partition coefficient (Wildman–Crippen LogP) is 4.82. The highest BCUT2D eigenvalue weighted by molar-refractivity contribution is 7.74. The lowest BCUT2D eigenvalue weighted by molar-refractivity contribution is 0.824. The van der Waals surface area contributed by atoms with Crippen LogP contribution in [0.3, 0.4) is 0 Å². The summed E-state index contributed by atoms with van der Waals surface area (Å²) in [6.07, 6.45) is 3.72. The highest BCUT2D eigenvalue weighted by atomic mass is 31.1. The Bertz CT molecular complexity index is 814. The van der Waals surface area contributed by atoms with Gasteiger partial charge in [-0.3, -0.25) is 0 Å². The number of rotatable bonds is 8. The van der Waals surface area contributed by atoms with Crippen molar-refractivity contribution in [1.29, 1.82) is 0 Å². The molecule has 0 aliphatic heterocycles. The molecule has 152 valence electrons. The second-order valence-electron chi connectivity index (χ2n) is 7.00. The minimum absolute atomic E-state index is 0. The van der Waals surface area contributed by atoms with Gasteiger partial charge in [-0.15, -0.1) is 0 Å². The van der Waals surface area contributed by atoms with Gasteiger partial charge in [0.25, 0.3) is 0 Å². The summed E-state index contributed by atoms with van der Waals surface area (Å²) in [6.45, 7) is 0. The molecular formula is C27H28OP2. The van der Waals surface area contributed by atoms with Gasteiger partial charge < -0.3 is 5.48 Å². The van der Waals surface area contributed by atoms with Crippen LogP contribution in [0.2, 0.25) is 0 Å². The predicted molar refractivity (Wildman–Crippen MR) is 136 cm³/mol. The van der Waals surface area contributed by atoms with Crippen LogP contribution in [0.4, 0.5) is 0 Å². The van der Waals surface area contributed by atoms with Gasteiger partial charge in [0.1, 0.15) is 0 Å². The van der Waals surface area contributed by atoms with Crippen LogP contribution in [-0.2, 0) is 0 Å². The molecule has 0 saturated heterocycles. The van der Waals surface area contributed by atoms with Crippen molar-refractivity contribution in [3.8, 4) is 0 Å². The molecule has 0 bridgehead atoms. The van der Waals surface area contributed by atoms with Crippen molar-refractivity contribution >= 4 is 37.1 Å². The molecule has 0 unspecified atom stereocenters. The van der Waals surface area contributed by atoms with Crippen LogP contribution in [0, 0.1) is 0 Å². The first-order chi connectivity index (χ1) is 14.4. The molecule has 0 aromatic heterocycles. The van der Waals surface area contributed by atoms with Crippen molar-refractivity contribution in [1.82, 2.24) is 0 Å². The zero-order valence-corrected chi connectivity index (χ0v) is 18.9. The lowest BCUT2D eigenvalue weighted by atomic mass is 10.4. The van der Waals surface area contributed by atoms with E-state index in [-0.39, 0.29) is 21.3 Å². The third-order valence-electron chi connectivity index (χ3n) is 5.03. The maximum absolute atomic E-state index is 2.30. The average molecular weight is 430 g/mol. The topological polar surface area (TPSA) is 31.5 Å². The van der Waals surface area contributed by atoms with Gasteiger partial charge in [-0.05, 0) is 55.8 Å². The molecule has 4 aromatic carbocycles. The fraction of sp³-hybridized carbons (Fsp3) is 0.111. The zero-order valence-electron chi connectivity index (χ0n) is 17.1. The van der Waals surface area contributed by atoms with E-state index in [1.165, 1.54) is 40.0 Å². The number of benzene rings is 4. The largest absolute Gasteiger partial charge is 0.412 e. The minimum Gasteiger partial charge on any atom is -0.412 e. The SMILES string of the molecule is O.c1ccc(P(CCCP(c2ccccc2)c2ccccc2)c2ccccc2)cc1. The maximum atomic E-state index is 2.30. The highest BCUT2D eigenvalue weighted by Gasteiger charge is 2.17. The third-order valence-corrected chi connectivity index (χ3v) is 10.2. The first-order valence-electron chi connectivity index (χ1n) is 10.2. The van der Waals surface area contributed by atoms with E-state index in [1.807, 2.05) is 0 Å². The first kappa shape index (κ1) is 22.4. The normalized spacial score (nSPS) is 10.7. The van der Waals surface area contributed by atoms with Crippen molar-refractivity contribution in [3.63, 3.8) is 0 Å². The van der Waals surface area contributed by atoms with Gasteiger partial charge in [0.15, 0.2) is 0 Å². The van der Waals surface area contributed by atoms with Gasteiger partial charge in [-0.1, -0.05) is 121 Å². The summed E-state index contributed by atoms with van der Waals surface area (Å²) in [7, 11) is -0.618. The Morgan fingerprint density at radius 2 is 0.600 bits per heavy atom. The van der Waals surface area contributed by atoms with E-state index in [1.54, 1.807) is 0 Å². The summed E-state index contributed by atoms with van der Waals surface area (Å²) in [5, 5.41) is 5.94. The Morgan fingerprint density at radius 3 is 0.833 bits per heavy atom. The molecule has 0 fully saturated rings. The fourth-order valence-electron chi connectivity index (χ4n) is 3.63. The zero-order chi connectivity index (χ0) is 19.7. The van der Waals surface area contributed by atoms with Gasteiger partial charge >= 0.3 is 0 Å². The molecule has 0 amide bonds. The van der Waals surface area contributed by atoms with Crippen molar-refractivity contribution in [3.05, 3.63) is 121 Å². The fourth-order valence-corrected chi connectivity index (χ4v) is 8.59. The highest BCUT2D eigenvalue weighted by Crippen LogP contribution is 2.39. The summed E-state index contributed by atoms with van der Waals surface area (Å²) in [5.41, 5.74) is 0. The summed E-state index contributed by atoms with van der Waals surface area (Å²) < 4.78 is 0. The minimum atomic E-state index is -0.309. The molecule has 0 heterocycles. The van der Waals surface area contributed by atoms with Gasteiger partial charge in [0.2, 0.25) is 0 Å². The van der Waals surface area contributed by atoms with Crippen LogP contribution >= 0.6 is 15.8 Å². The Kier molecular flexibility index (Phi) is 8.79. The van der Waals surface area contributed by atoms with E-state index in [4.69, 9.17) is 0 Å². The van der Waals surface area contributed by atoms with Crippen LogP contribution in [0.25, 0.3) is 0 Å². The van der Waals surface area contributed by atoms with Crippen molar-refractivity contribution in [2.24, 2.45) is 0 Å². The van der Waals surface area contributed by atoms with Crippen LogP contribution in [0.5, 0.6) is 0 Å². The lowest BCUT2D eigenvalue weighted by Gasteiger charge is -2.22. The van der Waals surface area contributed by atoms with E-state index < -0.39 is 0 Å². The molecule has 30 heavy (non-hydrogen) atoms. The van der Waals surface area contributed by atoms with Crippen LogP contribution < -0.4 is 21.2 Å². The van der Waals surface area contributed by atoms with Gasteiger partial charge in [0, 0.05) is 0 Å². The van der Waals surface area contributed by atoms with Crippen molar-refractivity contribution in [2.45, 2.75) is 6.42 Å². The molecule has 2 N–H and O–H groups in total. The van der Waals surface area contributed by atoms with Crippen LogP contribution in [0.1, 0.15) is 6.42 Å². The summed E-state index contributed by atoms with van der Waals surface area (Å²) in [6, 6.07) is 44.3. The number of hydrogen-bond acceptors (Lipinski definition) is 0. The molecule has 4 rings (SSSR count). The first-order valence-corrected chi connectivity index (χ1v) is 13.2. The monoisotopic (exact) mass is 430 g/mol. The second-order valence-corrected chi connectivity index (χ2v) is 11.7. The summed E-state index contributed by atoms with van der Waals surface area (Å²) >= 11 is 0. The smallest absolute Gasteiger partial charge is 0.0195 e.